The average Bonchev–Trinajstić information content (AvgIpc) is 2.53. The molecule has 1 atom stereocenters. The molecule has 0 spiro atoms. The van der Waals surface area contributed by atoms with Crippen LogP contribution in [0.5, 0.6) is 0 Å². The highest BCUT2D eigenvalue weighted by atomic mass is 16.5. The van der Waals surface area contributed by atoms with Crippen LogP contribution in [0.4, 0.5) is 0 Å². The molecule has 2 aliphatic rings. The van der Waals surface area contributed by atoms with Crippen LogP contribution in [-0.4, -0.2) is 49.1 Å². The number of likely N-dealkylation sites (tertiary alicyclic amines) is 1. The fraction of sp³-hybridized carbons (Fsp3) is 0.529. The third-order valence-corrected chi connectivity index (χ3v) is 4.45. The summed E-state index contributed by atoms with van der Waals surface area (Å²) in [6.45, 7) is 4.22. The topological polar surface area (TPSA) is 58.6 Å². The number of nitrogens with one attached hydrogen (secondary N) is 1. The van der Waals surface area contributed by atoms with Crippen LogP contribution in [-0.2, 0) is 9.53 Å². The van der Waals surface area contributed by atoms with Gasteiger partial charge in [-0.3, -0.25) is 9.59 Å². The maximum Gasteiger partial charge on any atom is 0.253 e. The van der Waals surface area contributed by atoms with Crippen molar-refractivity contribution < 1.29 is 14.3 Å². The van der Waals surface area contributed by atoms with Crippen molar-refractivity contribution in [1.82, 2.24) is 10.2 Å². The zero-order chi connectivity index (χ0) is 15.6. The summed E-state index contributed by atoms with van der Waals surface area (Å²) in [4.78, 5) is 26.6. The zero-order valence-corrected chi connectivity index (χ0v) is 12.9. The van der Waals surface area contributed by atoms with Crippen molar-refractivity contribution in [2.24, 2.45) is 5.41 Å². The minimum atomic E-state index is -0.397. The molecule has 2 fully saturated rings. The van der Waals surface area contributed by atoms with E-state index >= 15 is 0 Å². The summed E-state index contributed by atoms with van der Waals surface area (Å²) < 4.78 is 5.14. The Labute approximate surface area is 130 Å². The van der Waals surface area contributed by atoms with Gasteiger partial charge in [0.05, 0.1) is 18.6 Å². The average molecular weight is 302 g/mol. The van der Waals surface area contributed by atoms with E-state index in [0.29, 0.717) is 25.3 Å². The predicted octanol–water partition coefficient (Wildman–Crippen LogP) is 1.44. The third kappa shape index (κ3) is 2.99. The van der Waals surface area contributed by atoms with Gasteiger partial charge in [-0.1, -0.05) is 18.2 Å². The molecular formula is C17H22N2O3. The van der Waals surface area contributed by atoms with Crippen LogP contribution in [0.15, 0.2) is 30.3 Å². The van der Waals surface area contributed by atoms with Crippen LogP contribution in [0.3, 0.4) is 0 Å². The summed E-state index contributed by atoms with van der Waals surface area (Å²) in [6, 6.07) is 9.33. The third-order valence-electron chi connectivity index (χ3n) is 4.45. The lowest BCUT2D eigenvalue weighted by Gasteiger charge is -2.39. The van der Waals surface area contributed by atoms with E-state index in [0.717, 1.165) is 19.4 Å². The molecule has 5 nitrogen and oxygen atoms in total. The van der Waals surface area contributed by atoms with Crippen molar-refractivity contribution in [3.05, 3.63) is 35.9 Å². The molecule has 1 aromatic rings. The van der Waals surface area contributed by atoms with Gasteiger partial charge in [0.1, 0.15) is 0 Å². The molecule has 22 heavy (non-hydrogen) atoms. The molecule has 2 amide bonds. The molecule has 1 N–H and O–H groups in total. The number of hydrogen-bond acceptors (Lipinski definition) is 3. The number of ether oxygens (including phenoxy) is 1. The smallest absolute Gasteiger partial charge is 0.253 e. The molecule has 2 aliphatic heterocycles. The molecule has 0 aromatic heterocycles. The second kappa shape index (κ2) is 6.08. The fourth-order valence-electron chi connectivity index (χ4n) is 2.94. The van der Waals surface area contributed by atoms with Crippen molar-refractivity contribution in [3.8, 4) is 0 Å². The maximum atomic E-state index is 12.5. The number of nitrogens with zero attached hydrogens (tertiary/aromatic N) is 1. The Morgan fingerprint density at radius 1 is 1.27 bits per heavy atom. The number of piperidine rings is 1. The SMILES string of the molecule is CC1(C(=O)N[C@H]2CCCN(C(=O)c3ccccc3)C2)COC1. The molecule has 0 aliphatic carbocycles. The van der Waals surface area contributed by atoms with E-state index in [1.165, 1.54) is 0 Å². The Morgan fingerprint density at radius 2 is 2.00 bits per heavy atom. The summed E-state index contributed by atoms with van der Waals surface area (Å²) in [7, 11) is 0. The van der Waals surface area contributed by atoms with E-state index in [1.807, 2.05) is 42.2 Å². The highest BCUT2D eigenvalue weighted by molar-refractivity contribution is 5.94. The van der Waals surface area contributed by atoms with Crippen molar-refractivity contribution in [1.29, 1.82) is 0 Å². The predicted molar refractivity (Wildman–Crippen MR) is 82.4 cm³/mol. The molecule has 2 saturated heterocycles. The highest BCUT2D eigenvalue weighted by Crippen LogP contribution is 2.27. The first-order valence-electron chi connectivity index (χ1n) is 7.81. The van der Waals surface area contributed by atoms with Gasteiger partial charge in [-0.2, -0.15) is 0 Å². The lowest BCUT2D eigenvalue weighted by Crippen LogP contribution is -2.57. The van der Waals surface area contributed by atoms with E-state index in [2.05, 4.69) is 5.32 Å². The summed E-state index contributed by atoms with van der Waals surface area (Å²) in [5, 5.41) is 3.08. The maximum absolute atomic E-state index is 12.5. The van der Waals surface area contributed by atoms with Crippen LogP contribution in [0, 0.1) is 5.41 Å². The molecule has 5 heteroatoms. The molecule has 0 radical (unpaired) electrons. The number of benzene rings is 1. The first-order valence-corrected chi connectivity index (χ1v) is 7.81. The Bertz CT molecular complexity index is 554. The summed E-state index contributed by atoms with van der Waals surface area (Å²) in [5.41, 5.74) is 0.306. The summed E-state index contributed by atoms with van der Waals surface area (Å²) in [5.74, 6) is 0.0792. The van der Waals surface area contributed by atoms with E-state index in [-0.39, 0.29) is 17.9 Å². The monoisotopic (exact) mass is 302 g/mol. The van der Waals surface area contributed by atoms with Crippen molar-refractivity contribution in [2.45, 2.75) is 25.8 Å². The number of amides is 2. The Hall–Kier alpha value is -1.88. The second-order valence-electron chi connectivity index (χ2n) is 6.48. The first kappa shape index (κ1) is 15.0. The van der Waals surface area contributed by atoms with Crippen LogP contribution in [0.2, 0.25) is 0 Å². The largest absolute Gasteiger partial charge is 0.379 e. The van der Waals surface area contributed by atoms with Gasteiger partial charge < -0.3 is 15.0 Å². The van der Waals surface area contributed by atoms with Crippen LogP contribution in [0.25, 0.3) is 0 Å². The minimum Gasteiger partial charge on any atom is -0.379 e. The fourth-order valence-corrected chi connectivity index (χ4v) is 2.94. The van der Waals surface area contributed by atoms with E-state index in [4.69, 9.17) is 4.74 Å². The summed E-state index contributed by atoms with van der Waals surface area (Å²) in [6.07, 6.45) is 1.83. The molecule has 2 heterocycles. The van der Waals surface area contributed by atoms with Crippen molar-refractivity contribution in [2.75, 3.05) is 26.3 Å². The first-order chi connectivity index (χ1) is 10.6. The van der Waals surface area contributed by atoms with Gasteiger partial charge in [-0.15, -0.1) is 0 Å². The molecule has 3 rings (SSSR count). The second-order valence-corrected chi connectivity index (χ2v) is 6.48. The number of rotatable bonds is 3. The van der Waals surface area contributed by atoms with Crippen LogP contribution < -0.4 is 5.32 Å². The molecule has 0 saturated carbocycles. The lowest BCUT2D eigenvalue weighted by atomic mass is 9.87. The van der Waals surface area contributed by atoms with Crippen LogP contribution >= 0.6 is 0 Å². The van der Waals surface area contributed by atoms with Gasteiger partial charge in [0, 0.05) is 24.7 Å². The van der Waals surface area contributed by atoms with Gasteiger partial charge in [-0.25, -0.2) is 0 Å². The van der Waals surface area contributed by atoms with Gasteiger partial charge in [0.15, 0.2) is 0 Å². The Kier molecular flexibility index (Phi) is 4.16. The zero-order valence-electron chi connectivity index (χ0n) is 12.9. The number of carbonyl (C=O) groups excluding carboxylic acids is 2. The van der Waals surface area contributed by atoms with E-state index in [1.54, 1.807) is 0 Å². The van der Waals surface area contributed by atoms with Gasteiger partial charge in [-0.05, 0) is 31.9 Å². The molecule has 1 aromatic carbocycles. The Balaban J connectivity index is 1.60. The van der Waals surface area contributed by atoms with Crippen molar-refractivity contribution >= 4 is 11.8 Å². The summed E-state index contributed by atoms with van der Waals surface area (Å²) >= 11 is 0. The number of hydrogen-bond donors (Lipinski definition) is 1. The van der Waals surface area contributed by atoms with E-state index in [9.17, 15) is 9.59 Å². The molecule has 0 bridgehead atoms. The molecule has 118 valence electrons. The van der Waals surface area contributed by atoms with Gasteiger partial charge in [0.25, 0.3) is 5.91 Å². The van der Waals surface area contributed by atoms with Gasteiger partial charge in [0.2, 0.25) is 5.91 Å². The standard InChI is InChI=1S/C17H22N2O3/c1-17(11-22-12-17)16(21)18-14-8-5-9-19(10-14)15(20)13-6-3-2-4-7-13/h2-4,6-7,14H,5,8-12H2,1H3,(H,18,21)/t14-/m0/s1. The molecule has 0 unspecified atom stereocenters. The van der Waals surface area contributed by atoms with Gasteiger partial charge >= 0.3 is 0 Å². The molecular weight excluding hydrogens is 280 g/mol. The Morgan fingerprint density at radius 3 is 2.64 bits per heavy atom. The quantitative estimate of drug-likeness (QED) is 0.919. The number of carbonyl (C=O) groups is 2. The van der Waals surface area contributed by atoms with E-state index < -0.39 is 5.41 Å². The minimum absolute atomic E-state index is 0.0336. The van der Waals surface area contributed by atoms with Crippen molar-refractivity contribution in [3.63, 3.8) is 0 Å². The lowest BCUT2D eigenvalue weighted by molar-refractivity contribution is -0.158. The highest BCUT2D eigenvalue weighted by Gasteiger charge is 2.42. The normalized spacial score (nSPS) is 23.5. The van der Waals surface area contributed by atoms with Crippen LogP contribution in [0.1, 0.15) is 30.1 Å².